The van der Waals surface area contributed by atoms with Crippen molar-refractivity contribution in [1.82, 2.24) is 14.5 Å². The minimum atomic E-state index is -1.16. The fourth-order valence-corrected chi connectivity index (χ4v) is 3.95. The second-order valence-corrected chi connectivity index (χ2v) is 7.72. The summed E-state index contributed by atoms with van der Waals surface area (Å²) in [5, 5.41) is 24.5. The first-order chi connectivity index (χ1) is 15.4. The molecule has 32 heavy (non-hydrogen) atoms. The van der Waals surface area contributed by atoms with Gasteiger partial charge in [-0.25, -0.2) is 18.7 Å². The van der Waals surface area contributed by atoms with E-state index in [-0.39, 0.29) is 11.6 Å². The van der Waals surface area contributed by atoms with Crippen LogP contribution in [0.5, 0.6) is 0 Å². The van der Waals surface area contributed by atoms with Crippen molar-refractivity contribution in [1.29, 1.82) is 0 Å². The standard InChI is InChI=1S/C23H20F2N4O3/c1-12-19(30)20(31)23(32-12)29-10-17(13-2-4-14(24)5-3-13)18-21(26-11-27-22(18)29)28-16-8-6-15(25)7-9-16/h2-12,19-20,23,30-31H,1H3,(H,26,27,28)/t12-,19+,20+,23-/m1/s1. The molecule has 9 heteroatoms. The number of nitrogens with one attached hydrogen (secondary N) is 1. The zero-order valence-electron chi connectivity index (χ0n) is 17.0. The Morgan fingerprint density at radius 1 is 0.938 bits per heavy atom. The number of hydrogen-bond donors (Lipinski definition) is 3. The van der Waals surface area contributed by atoms with Crippen LogP contribution in [0.2, 0.25) is 0 Å². The highest BCUT2D eigenvalue weighted by molar-refractivity contribution is 6.02. The molecule has 1 aliphatic rings. The molecule has 1 aliphatic heterocycles. The zero-order chi connectivity index (χ0) is 22.4. The van der Waals surface area contributed by atoms with Gasteiger partial charge in [0.1, 0.15) is 41.6 Å². The zero-order valence-corrected chi connectivity index (χ0v) is 17.0. The third-order valence-electron chi connectivity index (χ3n) is 5.62. The van der Waals surface area contributed by atoms with Crippen molar-refractivity contribution in [3.05, 3.63) is 72.7 Å². The molecule has 0 unspecified atom stereocenters. The number of rotatable bonds is 4. The van der Waals surface area contributed by atoms with E-state index < -0.39 is 24.5 Å². The molecule has 164 valence electrons. The SMILES string of the molecule is C[C@H]1O[C@@H](n2cc(-c3ccc(F)cc3)c3c(Nc4ccc(F)cc4)ncnc32)[C@@H](O)[C@H]1O. The molecule has 0 radical (unpaired) electrons. The number of benzene rings is 2. The van der Waals surface area contributed by atoms with E-state index in [0.717, 1.165) is 0 Å². The van der Waals surface area contributed by atoms with Gasteiger partial charge in [0.25, 0.3) is 0 Å². The predicted octanol–water partition coefficient (Wildman–Crippen LogP) is 3.76. The molecule has 0 bridgehead atoms. The summed E-state index contributed by atoms with van der Waals surface area (Å²) in [6.45, 7) is 1.68. The molecule has 0 aliphatic carbocycles. The second kappa shape index (κ2) is 7.94. The van der Waals surface area contributed by atoms with E-state index in [1.54, 1.807) is 42.0 Å². The van der Waals surface area contributed by atoms with Crippen LogP contribution in [0.1, 0.15) is 13.2 Å². The van der Waals surface area contributed by atoms with Crippen LogP contribution in [0.3, 0.4) is 0 Å². The van der Waals surface area contributed by atoms with Crippen LogP contribution in [0.4, 0.5) is 20.3 Å². The number of ether oxygens (including phenoxy) is 1. The van der Waals surface area contributed by atoms with Gasteiger partial charge in [-0.1, -0.05) is 12.1 Å². The average Bonchev–Trinajstić information content (AvgIpc) is 3.29. The number of fused-ring (bicyclic) bond motifs is 1. The number of halogens is 2. The molecule has 5 rings (SSSR count). The summed E-state index contributed by atoms with van der Waals surface area (Å²) in [4.78, 5) is 8.76. The lowest BCUT2D eigenvalue weighted by atomic mass is 10.1. The van der Waals surface area contributed by atoms with Gasteiger partial charge < -0.3 is 24.8 Å². The van der Waals surface area contributed by atoms with Gasteiger partial charge in [-0.15, -0.1) is 0 Å². The van der Waals surface area contributed by atoms with Gasteiger partial charge in [0, 0.05) is 17.4 Å². The maximum Gasteiger partial charge on any atom is 0.164 e. The van der Waals surface area contributed by atoms with Gasteiger partial charge in [-0.3, -0.25) is 0 Å². The Labute approximate surface area is 181 Å². The second-order valence-electron chi connectivity index (χ2n) is 7.72. The maximum absolute atomic E-state index is 13.6. The largest absolute Gasteiger partial charge is 0.388 e. The molecule has 7 nitrogen and oxygen atoms in total. The molecule has 2 aromatic heterocycles. The average molecular weight is 438 g/mol. The normalized spacial score (nSPS) is 23.0. The van der Waals surface area contributed by atoms with Crippen LogP contribution in [0.15, 0.2) is 61.1 Å². The first-order valence-electron chi connectivity index (χ1n) is 10.1. The number of aliphatic hydroxyl groups is 2. The molecular formula is C23H20F2N4O3. The summed E-state index contributed by atoms with van der Waals surface area (Å²) < 4.78 is 34.3. The Bertz CT molecular complexity index is 1260. The summed E-state index contributed by atoms with van der Waals surface area (Å²) in [5.41, 5.74) is 2.45. The minimum Gasteiger partial charge on any atom is -0.388 e. The van der Waals surface area contributed by atoms with Crippen LogP contribution in [-0.2, 0) is 4.74 Å². The molecule has 3 N–H and O–H groups in total. The molecule has 0 amide bonds. The fraction of sp³-hybridized carbons (Fsp3) is 0.217. The van der Waals surface area contributed by atoms with Crippen molar-refractivity contribution in [2.24, 2.45) is 0 Å². The highest BCUT2D eigenvalue weighted by Gasteiger charge is 2.42. The van der Waals surface area contributed by atoms with E-state index in [1.807, 2.05) is 0 Å². The van der Waals surface area contributed by atoms with Crippen molar-refractivity contribution in [2.75, 3.05) is 5.32 Å². The number of hydrogen-bond acceptors (Lipinski definition) is 6. The monoisotopic (exact) mass is 438 g/mol. The lowest BCUT2D eigenvalue weighted by Crippen LogP contribution is -2.30. The Kier molecular flexibility index (Phi) is 5.09. The fourth-order valence-electron chi connectivity index (χ4n) is 3.95. The smallest absolute Gasteiger partial charge is 0.164 e. The lowest BCUT2D eigenvalue weighted by molar-refractivity contribution is -0.0295. The molecule has 1 saturated heterocycles. The van der Waals surface area contributed by atoms with Crippen LogP contribution < -0.4 is 5.32 Å². The van der Waals surface area contributed by atoms with Gasteiger partial charge in [0.05, 0.1) is 11.5 Å². The Balaban J connectivity index is 1.69. The molecule has 0 spiro atoms. The van der Waals surface area contributed by atoms with E-state index in [1.165, 1.54) is 30.6 Å². The van der Waals surface area contributed by atoms with E-state index in [4.69, 9.17) is 4.74 Å². The summed E-state index contributed by atoms with van der Waals surface area (Å²) in [7, 11) is 0. The Hall–Kier alpha value is -3.40. The highest BCUT2D eigenvalue weighted by atomic mass is 19.1. The number of anilines is 2. The number of aromatic nitrogens is 3. The summed E-state index contributed by atoms with van der Waals surface area (Å²) >= 11 is 0. The van der Waals surface area contributed by atoms with Crippen molar-refractivity contribution in [2.45, 2.75) is 31.5 Å². The first kappa shape index (κ1) is 20.5. The molecule has 0 saturated carbocycles. The predicted molar refractivity (Wildman–Crippen MR) is 114 cm³/mol. The maximum atomic E-state index is 13.6. The third-order valence-corrected chi connectivity index (χ3v) is 5.62. The lowest BCUT2D eigenvalue weighted by Gasteiger charge is -2.17. The third kappa shape index (κ3) is 3.50. The Morgan fingerprint density at radius 2 is 1.59 bits per heavy atom. The highest BCUT2D eigenvalue weighted by Crippen LogP contribution is 2.39. The summed E-state index contributed by atoms with van der Waals surface area (Å²) in [6, 6.07) is 11.8. The van der Waals surface area contributed by atoms with E-state index >= 15 is 0 Å². The number of aliphatic hydroxyl groups excluding tert-OH is 2. The van der Waals surface area contributed by atoms with Gasteiger partial charge in [-0.05, 0) is 48.9 Å². The molecule has 1 fully saturated rings. The van der Waals surface area contributed by atoms with E-state index in [2.05, 4.69) is 15.3 Å². The molecule has 2 aromatic carbocycles. The van der Waals surface area contributed by atoms with Crippen molar-refractivity contribution in [3.63, 3.8) is 0 Å². The number of nitrogens with zero attached hydrogens (tertiary/aromatic N) is 3. The van der Waals surface area contributed by atoms with Crippen LogP contribution in [0, 0.1) is 11.6 Å². The molecule has 4 atom stereocenters. The van der Waals surface area contributed by atoms with Crippen LogP contribution in [0.25, 0.3) is 22.2 Å². The first-order valence-corrected chi connectivity index (χ1v) is 10.1. The van der Waals surface area contributed by atoms with Crippen LogP contribution >= 0.6 is 0 Å². The van der Waals surface area contributed by atoms with E-state index in [9.17, 15) is 19.0 Å². The van der Waals surface area contributed by atoms with Crippen molar-refractivity contribution in [3.8, 4) is 11.1 Å². The topological polar surface area (TPSA) is 92.4 Å². The Morgan fingerprint density at radius 3 is 2.22 bits per heavy atom. The van der Waals surface area contributed by atoms with Crippen molar-refractivity contribution >= 4 is 22.5 Å². The van der Waals surface area contributed by atoms with Gasteiger partial charge >= 0.3 is 0 Å². The van der Waals surface area contributed by atoms with E-state index in [0.29, 0.717) is 33.7 Å². The molecule has 3 heterocycles. The molecule has 4 aromatic rings. The summed E-state index contributed by atoms with van der Waals surface area (Å²) in [5.74, 6) is -0.285. The quantitative estimate of drug-likeness (QED) is 0.449. The van der Waals surface area contributed by atoms with Gasteiger partial charge in [0.2, 0.25) is 0 Å². The van der Waals surface area contributed by atoms with Crippen LogP contribution in [-0.4, -0.2) is 43.1 Å². The minimum absolute atomic E-state index is 0.360. The van der Waals surface area contributed by atoms with Gasteiger partial charge in [0.15, 0.2) is 6.23 Å². The van der Waals surface area contributed by atoms with Gasteiger partial charge in [-0.2, -0.15) is 0 Å². The molecular weight excluding hydrogens is 418 g/mol. The van der Waals surface area contributed by atoms with Crippen molar-refractivity contribution < 1.29 is 23.7 Å². The summed E-state index contributed by atoms with van der Waals surface area (Å²) in [6.07, 6.45) is -0.553.